The topological polar surface area (TPSA) is 47.0 Å². The fourth-order valence-corrected chi connectivity index (χ4v) is 1.09. The summed E-state index contributed by atoms with van der Waals surface area (Å²) in [7, 11) is 1.70. The summed E-state index contributed by atoms with van der Waals surface area (Å²) in [6.07, 6.45) is 1.90. The van der Waals surface area contributed by atoms with Crippen molar-refractivity contribution in [2.45, 2.75) is 32.9 Å². The Balaban J connectivity index is 2.60. The maximum Gasteiger partial charge on any atom is 0.129 e. The van der Waals surface area contributed by atoms with E-state index >= 15 is 0 Å². The highest BCUT2D eigenvalue weighted by Gasteiger charge is 2.10. The summed E-state index contributed by atoms with van der Waals surface area (Å²) in [6, 6.07) is 2.08. The van der Waals surface area contributed by atoms with Crippen molar-refractivity contribution in [3.63, 3.8) is 0 Å². The van der Waals surface area contributed by atoms with Crippen molar-refractivity contribution in [3.05, 3.63) is 18.1 Å². The molecule has 0 aliphatic carbocycles. The molecule has 0 spiro atoms. The molecule has 4 heteroatoms. The van der Waals surface area contributed by atoms with Crippen molar-refractivity contribution in [1.29, 1.82) is 0 Å². The predicted octanol–water partition coefficient (Wildman–Crippen LogP) is 1.62. The van der Waals surface area contributed by atoms with Crippen LogP contribution in [0.3, 0.4) is 0 Å². The number of ether oxygens (including phenoxy) is 1. The summed E-state index contributed by atoms with van der Waals surface area (Å²) >= 11 is 0. The molecule has 1 aromatic rings. The number of aromatic nitrogens is 2. The van der Waals surface area contributed by atoms with Gasteiger partial charge in [0.25, 0.3) is 0 Å². The van der Waals surface area contributed by atoms with Gasteiger partial charge >= 0.3 is 0 Å². The van der Waals surface area contributed by atoms with E-state index in [0.717, 1.165) is 11.6 Å². The maximum absolute atomic E-state index is 5.21. The predicted molar refractivity (Wildman–Crippen MR) is 56.3 cm³/mol. The van der Waals surface area contributed by atoms with Crippen LogP contribution in [0.1, 0.15) is 19.7 Å². The summed E-state index contributed by atoms with van der Waals surface area (Å²) in [4.78, 5) is 8.28. The molecular formula is C10H17N3O. The normalized spacial score (nSPS) is 14.9. The molecule has 1 N–H and O–H groups in total. The molecule has 78 valence electrons. The summed E-state index contributed by atoms with van der Waals surface area (Å²) in [5.41, 5.74) is 0. The van der Waals surface area contributed by atoms with Crippen LogP contribution in [0.2, 0.25) is 0 Å². The van der Waals surface area contributed by atoms with Crippen molar-refractivity contribution < 1.29 is 4.74 Å². The third-order valence-corrected chi connectivity index (χ3v) is 2.23. The lowest BCUT2D eigenvalue weighted by atomic mass is 10.2. The number of anilines is 1. The van der Waals surface area contributed by atoms with Gasteiger partial charge in [-0.15, -0.1) is 0 Å². The number of nitrogens with zero attached hydrogens (tertiary/aromatic N) is 2. The van der Waals surface area contributed by atoms with Crippen molar-refractivity contribution >= 4 is 5.82 Å². The first-order valence-corrected chi connectivity index (χ1v) is 4.72. The molecule has 1 rings (SSSR count). The molecule has 2 atom stereocenters. The van der Waals surface area contributed by atoms with Crippen LogP contribution in [-0.2, 0) is 4.74 Å². The zero-order valence-corrected chi connectivity index (χ0v) is 9.11. The van der Waals surface area contributed by atoms with Crippen molar-refractivity contribution in [2.24, 2.45) is 0 Å². The molecule has 0 amide bonds. The van der Waals surface area contributed by atoms with Crippen LogP contribution in [0.25, 0.3) is 0 Å². The Hall–Kier alpha value is -1.16. The van der Waals surface area contributed by atoms with E-state index in [9.17, 15) is 0 Å². The third-order valence-electron chi connectivity index (χ3n) is 2.23. The number of hydrogen-bond donors (Lipinski definition) is 1. The van der Waals surface area contributed by atoms with E-state index in [1.807, 2.05) is 19.9 Å². The van der Waals surface area contributed by atoms with Gasteiger partial charge in [-0.1, -0.05) is 0 Å². The molecule has 0 radical (unpaired) electrons. The molecule has 4 nitrogen and oxygen atoms in total. The molecule has 1 unspecified atom stereocenters. The van der Waals surface area contributed by atoms with Crippen LogP contribution in [0, 0.1) is 6.92 Å². The lowest BCUT2D eigenvalue weighted by Crippen LogP contribution is -2.30. The van der Waals surface area contributed by atoms with E-state index in [0.29, 0.717) is 0 Å². The Morgan fingerprint density at radius 2 is 2.14 bits per heavy atom. The lowest BCUT2D eigenvalue weighted by molar-refractivity contribution is 0.106. The fourth-order valence-electron chi connectivity index (χ4n) is 1.09. The van der Waals surface area contributed by atoms with Gasteiger partial charge in [0.2, 0.25) is 0 Å². The average Bonchev–Trinajstić information content (AvgIpc) is 2.16. The maximum atomic E-state index is 5.21. The Morgan fingerprint density at radius 3 is 2.71 bits per heavy atom. The minimum absolute atomic E-state index is 0.158. The molecule has 0 aromatic carbocycles. The molecule has 0 saturated carbocycles. The van der Waals surface area contributed by atoms with Crippen LogP contribution in [0.4, 0.5) is 5.82 Å². The Morgan fingerprint density at radius 1 is 1.43 bits per heavy atom. The number of methoxy groups -OCH3 is 1. The number of rotatable bonds is 4. The first-order chi connectivity index (χ1) is 6.63. The zero-order chi connectivity index (χ0) is 10.6. The molecule has 0 aliphatic heterocycles. The first-order valence-electron chi connectivity index (χ1n) is 4.72. The van der Waals surface area contributed by atoms with Gasteiger partial charge in [-0.25, -0.2) is 9.97 Å². The van der Waals surface area contributed by atoms with E-state index in [1.165, 1.54) is 0 Å². The van der Waals surface area contributed by atoms with Crippen molar-refractivity contribution in [3.8, 4) is 0 Å². The van der Waals surface area contributed by atoms with E-state index < -0.39 is 0 Å². The largest absolute Gasteiger partial charge is 0.380 e. The molecular weight excluding hydrogens is 178 g/mol. The minimum atomic E-state index is 0.158. The van der Waals surface area contributed by atoms with Gasteiger partial charge < -0.3 is 10.1 Å². The lowest BCUT2D eigenvalue weighted by Gasteiger charge is -2.20. The van der Waals surface area contributed by atoms with Gasteiger partial charge in [0.05, 0.1) is 12.1 Å². The van der Waals surface area contributed by atoms with E-state index in [1.54, 1.807) is 13.3 Å². The van der Waals surface area contributed by atoms with E-state index in [4.69, 9.17) is 4.74 Å². The molecule has 0 saturated heterocycles. The summed E-state index contributed by atoms with van der Waals surface area (Å²) in [5.74, 6) is 1.61. The van der Waals surface area contributed by atoms with Crippen LogP contribution in [0.5, 0.6) is 0 Å². The van der Waals surface area contributed by atoms with Gasteiger partial charge in [0, 0.05) is 13.3 Å². The molecule has 0 bridgehead atoms. The van der Waals surface area contributed by atoms with E-state index in [2.05, 4.69) is 22.2 Å². The van der Waals surface area contributed by atoms with Crippen molar-refractivity contribution in [2.75, 3.05) is 12.4 Å². The van der Waals surface area contributed by atoms with Crippen LogP contribution >= 0.6 is 0 Å². The zero-order valence-electron chi connectivity index (χ0n) is 9.11. The molecule has 14 heavy (non-hydrogen) atoms. The highest BCUT2D eigenvalue weighted by molar-refractivity contribution is 5.34. The Kier molecular flexibility index (Phi) is 3.83. The van der Waals surface area contributed by atoms with Crippen LogP contribution in [-0.4, -0.2) is 29.2 Å². The van der Waals surface area contributed by atoms with Gasteiger partial charge in [-0.3, -0.25) is 0 Å². The van der Waals surface area contributed by atoms with Crippen LogP contribution < -0.4 is 5.32 Å². The summed E-state index contributed by atoms with van der Waals surface area (Å²) in [6.45, 7) is 5.95. The highest BCUT2D eigenvalue weighted by atomic mass is 16.5. The van der Waals surface area contributed by atoms with Gasteiger partial charge in [-0.05, 0) is 26.8 Å². The van der Waals surface area contributed by atoms with Gasteiger partial charge in [-0.2, -0.15) is 0 Å². The molecule has 1 heterocycles. The SMILES string of the molecule is COC(C)[C@@H](C)Nc1ccnc(C)n1. The minimum Gasteiger partial charge on any atom is -0.380 e. The van der Waals surface area contributed by atoms with Crippen molar-refractivity contribution in [1.82, 2.24) is 9.97 Å². The number of aryl methyl sites for hydroxylation is 1. The average molecular weight is 195 g/mol. The smallest absolute Gasteiger partial charge is 0.129 e. The molecule has 0 aliphatic rings. The second-order valence-corrected chi connectivity index (χ2v) is 3.36. The Bertz CT molecular complexity index is 290. The van der Waals surface area contributed by atoms with Gasteiger partial charge in [0.1, 0.15) is 11.6 Å². The van der Waals surface area contributed by atoms with E-state index in [-0.39, 0.29) is 12.1 Å². The van der Waals surface area contributed by atoms with Crippen LogP contribution in [0.15, 0.2) is 12.3 Å². The number of nitrogens with one attached hydrogen (secondary N) is 1. The summed E-state index contributed by atoms with van der Waals surface area (Å²) in [5, 5.41) is 3.26. The third kappa shape index (κ3) is 2.96. The van der Waals surface area contributed by atoms with Gasteiger partial charge in [0.15, 0.2) is 0 Å². The second kappa shape index (κ2) is 4.91. The fraction of sp³-hybridized carbons (Fsp3) is 0.600. The molecule has 0 fully saturated rings. The standard InChI is InChI=1S/C10H17N3O/c1-7(8(2)14-4)12-10-5-6-11-9(3)13-10/h5-8H,1-4H3,(H,11,12,13)/t7-,8?/m1/s1. The quantitative estimate of drug-likeness (QED) is 0.793. The highest BCUT2D eigenvalue weighted by Crippen LogP contribution is 2.07. The monoisotopic (exact) mass is 195 g/mol. The summed E-state index contributed by atoms with van der Waals surface area (Å²) < 4.78 is 5.21. The first kappa shape index (κ1) is 10.9. The second-order valence-electron chi connectivity index (χ2n) is 3.36. The molecule has 1 aromatic heterocycles. The number of hydrogen-bond acceptors (Lipinski definition) is 4. The Labute approximate surface area is 84.7 Å².